The molecule has 5 nitrogen and oxygen atoms in total. The smallest absolute Gasteiger partial charge is 0.142 e. The molecule has 1 aliphatic carbocycles. The predicted molar refractivity (Wildman–Crippen MR) is 156 cm³/mol. The molecular weight excluding hydrogens is 483 g/mol. The summed E-state index contributed by atoms with van der Waals surface area (Å²) in [6.45, 7) is 11.0. The molecule has 7 heteroatoms. The van der Waals surface area contributed by atoms with E-state index in [9.17, 15) is 0 Å². The van der Waals surface area contributed by atoms with Crippen molar-refractivity contribution in [2.75, 3.05) is 37.7 Å². The summed E-state index contributed by atoms with van der Waals surface area (Å²) < 4.78 is 6.08. The molecule has 1 aromatic heterocycles. The van der Waals surface area contributed by atoms with Crippen LogP contribution >= 0.6 is 18.7 Å². The minimum absolute atomic E-state index is 0.197. The standard InChI is InChI=1S/C29H39N4OPS/c1-22(2)34-27-11-5-4-10-26(27)33-20-18-32(19-21-33)25-15-13-24(14-16-25)31-35(3)36-28-12-6-8-23-9-7-17-30-29(23)28/h4-12,17,22,24-25,31H,13-16,18-21H2,1-3H3. The fraction of sp³-hybridized carbons (Fsp3) is 0.483. The molecule has 2 aromatic carbocycles. The number of piperazine rings is 1. The van der Waals surface area contributed by atoms with E-state index in [0.29, 0.717) is 6.04 Å². The lowest BCUT2D eigenvalue weighted by Crippen LogP contribution is -2.52. The van der Waals surface area contributed by atoms with E-state index in [1.807, 2.05) is 23.6 Å². The zero-order valence-electron chi connectivity index (χ0n) is 21.8. The molecule has 192 valence electrons. The zero-order valence-corrected chi connectivity index (χ0v) is 23.5. The molecule has 2 aliphatic rings. The highest BCUT2D eigenvalue weighted by molar-refractivity contribution is 8.55. The van der Waals surface area contributed by atoms with E-state index < -0.39 is 0 Å². The fourth-order valence-electron chi connectivity index (χ4n) is 5.55. The molecule has 1 N–H and O–H groups in total. The predicted octanol–water partition coefficient (Wildman–Crippen LogP) is 6.78. The molecule has 0 radical (unpaired) electrons. The van der Waals surface area contributed by atoms with Crippen molar-refractivity contribution in [1.82, 2.24) is 15.0 Å². The minimum atomic E-state index is -0.329. The van der Waals surface area contributed by atoms with Gasteiger partial charge in [0, 0.05) is 62.0 Å². The van der Waals surface area contributed by atoms with Crippen molar-refractivity contribution in [1.29, 1.82) is 0 Å². The van der Waals surface area contributed by atoms with Gasteiger partial charge in [-0.2, -0.15) is 0 Å². The first-order valence-electron chi connectivity index (χ1n) is 13.3. The van der Waals surface area contributed by atoms with Gasteiger partial charge in [-0.25, -0.2) is 0 Å². The van der Waals surface area contributed by atoms with Gasteiger partial charge in [-0.15, -0.1) is 0 Å². The number of aromatic nitrogens is 1. The third kappa shape index (κ3) is 6.34. The SMILES string of the molecule is CC(C)Oc1ccccc1N1CCN(C2CCC(NP(C)Sc3cccc4cccnc34)CC2)CC1. The first-order valence-corrected chi connectivity index (χ1v) is 16.5. The summed E-state index contributed by atoms with van der Waals surface area (Å²) in [6, 6.07) is 20.5. The van der Waals surface area contributed by atoms with Gasteiger partial charge in [0.25, 0.3) is 0 Å². The van der Waals surface area contributed by atoms with Crippen molar-refractivity contribution in [3.8, 4) is 5.75 Å². The van der Waals surface area contributed by atoms with E-state index >= 15 is 0 Å². The zero-order chi connectivity index (χ0) is 24.9. The average molecular weight is 523 g/mol. The molecule has 5 rings (SSSR count). The number of nitrogens with one attached hydrogen (secondary N) is 1. The number of ether oxygens (including phenoxy) is 1. The molecule has 36 heavy (non-hydrogen) atoms. The normalized spacial score (nSPS) is 22.2. The van der Waals surface area contributed by atoms with Crippen molar-refractivity contribution in [3.63, 3.8) is 0 Å². The quantitative estimate of drug-likeness (QED) is 0.329. The molecule has 1 unspecified atom stereocenters. The lowest BCUT2D eigenvalue weighted by Gasteiger charge is -2.43. The lowest BCUT2D eigenvalue weighted by atomic mass is 9.90. The second-order valence-electron chi connectivity index (χ2n) is 10.2. The van der Waals surface area contributed by atoms with E-state index in [-0.39, 0.29) is 13.4 Å². The topological polar surface area (TPSA) is 40.6 Å². The molecular formula is C29H39N4OPS. The number of hydrogen-bond acceptors (Lipinski definition) is 6. The van der Waals surface area contributed by atoms with Crippen molar-refractivity contribution >= 4 is 35.2 Å². The number of anilines is 1. The second kappa shape index (κ2) is 12.1. The summed E-state index contributed by atoms with van der Waals surface area (Å²) in [6.07, 6.45) is 7.25. The fourth-order valence-corrected chi connectivity index (χ4v) is 9.00. The Balaban J connectivity index is 1.09. The van der Waals surface area contributed by atoms with Crippen LogP contribution in [0.3, 0.4) is 0 Å². The van der Waals surface area contributed by atoms with E-state index in [4.69, 9.17) is 4.74 Å². The van der Waals surface area contributed by atoms with E-state index in [2.05, 4.69) is 88.9 Å². The van der Waals surface area contributed by atoms with E-state index in [1.165, 1.54) is 41.7 Å². The number of pyridine rings is 1. The summed E-state index contributed by atoms with van der Waals surface area (Å²) in [5.74, 6) is 1.01. The lowest BCUT2D eigenvalue weighted by molar-refractivity contribution is 0.139. The molecule has 1 aliphatic heterocycles. The number of nitrogens with zero attached hydrogens (tertiary/aromatic N) is 3. The average Bonchev–Trinajstić information content (AvgIpc) is 2.89. The number of rotatable bonds is 8. The van der Waals surface area contributed by atoms with Crippen LogP contribution in [0.25, 0.3) is 10.9 Å². The van der Waals surface area contributed by atoms with Crippen LogP contribution in [0, 0.1) is 0 Å². The summed E-state index contributed by atoms with van der Waals surface area (Å²) >= 11 is 1.96. The Labute approximate surface area is 221 Å². The molecule has 2 fully saturated rings. The maximum absolute atomic E-state index is 6.08. The third-order valence-electron chi connectivity index (χ3n) is 7.29. The van der Waals surface area contributed by atoms with Gasteiger partial charge in [0.05, 0.1) is 17.3 Å². The Morgan fingerprint density at radius 3 is 2.47 bits per heavy atom. The number of benzene rings is 2. The molecule has 0 bridgehead atoms. The summed E-state index contributed by atoms with van der Waals surface area (Å²) in [4.78, 5) is 11.2. The molecule has 0 spiro atoms. The Kier molecular flexibility index (Phi) is 8.69. The van der Waals surface area contributed by atoms with Crippen LogP contribution in [0.1, 0.15) is 39.5 Å². The Hall–Kier alpha value is -1.85. The van der Waals surface area contributed by atoms with Crippen LogP contribution in [-0.4, -0.2) is 60.9 Å². The number of hydrogen-bond donors (Lipinski definition) is 1. The van der Waals surface area contributed by atoms with Gasteiger partial charge >= 0.3 is 0 Å². The molecule has 1 saturated heterocycles. The number of para-hydroxylation sites is 3. The highest BCUT2D eigenvalue weighted by Crippen LogP contribution is 2.50. The van der Waals surface area contributed by atoms with Gasteiger partial charge in [-0.05, 0) is 70.5 Å². The van der Waals surface area contributed by atoms with Crippen LogP contribution in [0.5, 0.6) is 5.75 Å². The van der Waals surface area contributed by atoms with Crippen molar-refractivity contribution in [2.24, 2.45) is 0 Å². The highest BCUT2D eigenvalue weighted by Gasteiger charge is 2.29. The van der Waals surface area contributed by atoms with Crippen LogP contribution in [0.4, 0.5) is 5.69 Å². The first-order chi connectivity index (χ1) is 17.6. The molecule has 1 atom stereocenters. The Morgan fingerprint density at radius 1 is 0.944 bits per heavy atom. The maximum Gasteiger partial charge on any atom is 0.142 e. The van der Waals surface area contributed by atoms with Crippen LogP contribution in [-0.2, 0) is 0 Å². The first kappa shape index (κ1) is 25.8. The maximum atomic E-state index is 6.08. The summed E-state index contributed by atoms with van der Waals surface area (Å²) in [5, 5.41) is 5.19. The largest absolute Gasteiger partial charge is 0.489 e. The van der Waals surface area contributed by atoms with Crippen LogP contribution in [0.15, 0.2) is 65.7 Å². The Bertz CT molecular complexity index is 1120. The van der Waals surface area contributed by atoms with Gasteiger partial charge in [-0.3, -0.25) is 15.0 Å². The minimum Gasteiger partial charge on any atom is -0.489 e. The summed E-state index contributed by atoms with van der Waals surface area (Å²) in [7, 11) is -0.329. The molecule has 0 amide bonds. The van der Waals surface area contributed by atoms with Gasteiger partial charge < -0.3 is 9.64 Å². The monoisotopic (exact) mass is 522 g/mol. The van der Waals surface area contributed by atoms with Crippen molar-refractivity contribution in [3.05, 3.63) is 60.8 Å². The van der Waals surface area contributed by atoms with Crippen LogP contribution < -0.4 is 14.7 Å². The highest BCUT2D eigenvalue weighted by atomic mass is 32.7. The summed E-state index contributed by atoms with van der Waals surface area (Å²) in [5.41, 5.74) is 2.37. The van der Waals surface area contributed by atoms with Crippen LogP contribution in [0.2, 0.25) is 0 Å². The molecule has 1 saturated carbocycles. The van der Waals surface area contributed by atoms with Gasteiger partial charge in [-0.1, -0.05) is 41.7 Å². The van der Waals surface area contributed by atoms with Gasteiger partial charge in [0.1, 0.15) is 5.75 Å². The molecule has 3 aromatic rings. The van der Waals surface area contributed by atoms with E-state index in [1.54, 1.807) is 0 Å². The van der Waals surface area contributed by atoms with Crippen molar-refractivity contribution in [2.45, 2.75) is 62.6 Å². The van der Waals surface area contributed by atoms with Crippen molar-refractivity contribution < 1.29 is 4.74 Å². The van der Waals surface area contributed by atoms with E-state index in [0.717, 1.165) is 43.5 Å². The molecule has 2 heterocycles. The Morgan fingerprint density at radius 2 is 1.69 bits per heavy atom. The van der Waals surface area contributed by atoms with Gasteiger partial charge in [0.2, 0.25) is 0 Å². The number of fused-ring (bicyclic) bond motifs is 1. The third-order valence-corrected chi connectivity index (χ3v) is 10.5. The second-order valence-corrected chi connectivity index (χ2v) is 14.3. The van der Waals surface area contributed by atoms with Gasteiger partial charge in [0.15, 0.2) is 0 Å².